The molecule has 3 rings (SSSR count). The predicted molar refractivity (Wildman–Crippen MR) is 98.0 cm³/mol. The number of carbonyl (C=O) groups excluding carboxylic acids is 1. The summed E-state index contributed by atoms with van der Waals surface area (Å²) in [6.07, 6.45) is 0.969. The number of benzene rings is 2. The molecule has 0 fully saturated rings. The Kier molecular flexibility index (Phi) is 5.55. The van der Waals surface area contributed by atoms with Crippen molar-refractivity contribution in [1.29, 1.82) is 0 Å². The number of imidazole rings is 1. The standard InChI is InChI=1S/C19H16F3N3OS/c1-27-18-23-8-9-25(18)16-7-3-5-14(11-16)17(26)24-12-13-4-2-6-15(10-13)19(20,21)22/h2-11H,12H2,1H3,(H,24,26). The van der Waals surface area contributed by atoms with E-state index >= 15 is 0 Å². The molecule has 0 atom stereocenters. The molecule has 0 aliphatic carbocycles. The fraction of sp³-hybridized carbons (Fsp3) is 0.158. The first-order valence-electron chi connectivity index (χ1n) is 8.00. The largest absolute Gasteiger partial charge is 0.416 e. The zero-order chi connectivity index (χ0) is 19.4. The SMILES string of the molecule is CSc1nccn1-c1cccc(C(=O)NCc2cccc(C(F)(F)F)c2)c1. The van der Waals surface area contributed by atoms with Crippen LogP contribution in [0.3, 0.4) is 0 Å². The molecule has 2 aromatic carbocycles. The fourth-order valence-electron chi connectivity index (χ4n) is 2.58. The van der Waals surface area contributed by atoms with E-state index in [9.17, 15) is 18.0 Å². The highest BCUT2D eigenvalue weighted by molar-refractivity contribution is 7.98. The maximum Gasteiger partial charge on any atom is 0.416 e. The molecule has 27 heavy (non-hydrogen) atoms. The lowest BCUT2D eigenvalue weighted by atomic mass is 10.1. The Morgan fingerprint density at radius 1 is 1.19 bits per heavy atom. The highest BCUT2D eigenvalue weighted by atomic mass is 32.2. The highest BCUT2D eigenvalue weighted by Crippen LogP contribution is 2.29. The zero-order valence-corrected chi connectivity index (χ0v) is 15.1. The molecule has 0 bridgehead atoms. The number of hydrogen-bond acceptors (Lipinski definition) is 3. The van der Waals surface area contributed by atoms with E-state index in [4.69, 9.17) is 0 Å². The van der Waals surface area contributed by atoms with Crippen LogP contribution in [-0.4, -0.2) is 21.7 Å². The van der Waals surface area contributed by atoms with Crippen LogP contribution in [0, 0.1) is 0 Å². The number of halogens is 3. The number of carbonyl (C=O) groups is 1. The summed E-state index contributed by atoms with van der Waals surface area (Å²) in [7, 11) is 0. The van der Waals surface area contributed by atoms with Crippen molar-refractivity contribution >= 4 is 17.7 Å². The molecule has 3 aromatic rings. The second kappa shape index (κ2) is 7.87. The van der Waals surface area contributed by atoms with Gasteiger partial charge in [0.1, 0.15) is 0 Å². The van der Waals surface area contributed by atoms with E-state index in [1.54, 1.807) is 36.7 Å². The maximum absolute atomic E-state index is 12.8. The van der Waals surface area contributed by atoms with Gasteiger partial charge in [-0.25, -0.2) is 4.98 Å². The molecule has 8 heteroatoms. The number of nitrogens with one attached hydrogen (secondary N) is 1. The molecule has 0 saturated carbocycles. The van der Waals surface area contributed by atoms with E-state index in [1.165, 1.54) is 17.8 Å². The molecule has 1 N–H and O–H groups in total. The van der Waals surface area contributed by atoms with Crippen LogP contribution in [0.25, 0.3) is 5.69 Å². The molecule has 0 aliphatic rings. The van der Waals surface area contributed by atoms with Gasteiger partial charge in [-0.2, -0.15) is 13.2 Å². The first kappa shape index (κ1) is 19.0. The van der Waals surface area contributed by atoms with E-state index < -0.39 is 11.7 Å². The van der Waals surface area contributed by atoms with Gasteiger partial charge < -0.3 is 5.32 Å². The van der Waals surface area contributed by atoms with Crippen LogP contribution in [0.1, 0.15) is 21.5 Å². The maximum atomic E-state index is 12.8. The molecule has 4 nitrogen and oxygen atoms in total. The van der Waals surface area contributed by atoms with Gasteiger partial charge >= 0.3 is 6.18 Å². The van der Waals surface area contributed by atoms with Crippen molar-refractivity contribution in [3.8, 4) is 5.69 Å². The average molecular weight is 391 g/mol. The molecular formula is C19H16F3N3OS. The second-order valence-electron chi connectivity index (χ2n) is 5.72. The van der Waals surface area contributed by atoms with Gasteiger partial charge in [0.15, 0.2) is 5.16 Å². The zero-order valence-electron chi connectivity index (χ0n) is 14.3. The lowest BCUT2D eigenvalue weighted by Crippen LogP contribution is -2.23. The van der Waals surface area contributed by atoms with Gasteiger partial charge in [0.05, 0.1) is 5.56 Å². The van der Waals surface area contributed by atoms with Crippen LogP contribution in [0.4, 0.5) is 13.2 Å². The van der Waals surface area contributed by atoms with E-state index in [0.717, 1.165) is 23.0 Å². The van der Waals surface area contributed by atoms with E-state index in [-0.39, 0.29) is 12.5 Å². The molecule has 1 amide bonds. The number of rotatable bonds is 5. The molecule has 1 aromatic heterocycles. The monoisotopic (exact) mass is 391 g/mol. The Morgan fingerprint density at radius 2 is 1.96 bits per heavy atom. The third-order valence-electron chi connectivity index (χ3n) is 3.88. The summed E-state index contributed by atoms with van der Waals surface area (Å²) in [5.74, 6) is -0.361. The van der Waals surface area contributed by atoms with Crippen molar-refractivity contribution < 1.29 is 18.0 Å². The molecule has 0 unspecified atom stereocenters. The van der Waals surface area contributed by atoms with Crippen molar-refractivity contribution in [3.05, 3.63) is 77.6 Å². The lowest BCUT2D eigenvalue weighted by molar-refractivity contribution is -0.137. The van der Waals surface area contributed by atoms with Gasteiger partial charge in [-0.15, -0.1) is 0 Å². The first-order valence-corrected chi connectivity index (χ1v) is 9.23. The molecule has 0 saturated heterocycles. The molecule has 1 heterocycles. The summed E-state index contributed by atoms with van der Waals surface area (Å²) in [4.78, 5) is 16.6. The number of nitrogens with zero attached hydrogens (tertiary/aromatic N) is 2. The smallest absolute Gasteiger partial charge is 0.348 e. The van der Waals surface area contributed by atoms with Crippen LogP contribution in [0.2, 0.25) is 0 Å². The summed E-state index contributed by atoms with van der Waals surface area (Å²) in [6.45, 7) is 0.00805. The molecule has 0 radical (unpaired) electrons. The Morgan fingerprint density at radius 3 is 2.70 bits per heavy atom. The molecule has 0 aliphatic heterocycles. The van der Waals surface area contributed by atoms with Gasteiger partial charge in [0.2, 0.25) is 0 Å². The molecular weight excluding hydrogens is 375 g/mol. The Balaban J connectivity index is 1.73. The van der Waals surface area contributed by atoms with E-state index in [2.05, 4.69) is 10.3 Å². The topological polar surface area (TPSA) is 46.9 Å². The minimum absolute atomic E-state index is 0.00805. The van der Waals surface area contributed by atoms with E-state index in [0.29, 0.717) is 11.1 Å². The van der Waals surface area contributed by atoms with Crippen LogP contribution in [0.5, 0.6) is 0 Å². The Hall–Kier alpha value is -2.74. The van der Waals surface area contributed by atoms with Crippen LogP contribution in [-0.2, 0) is 12.7 Å². The summed E-state index contributed by atoms with van der Waals surface area (Å²) < 4.78 is 40.2. The van der Waals surface area contributed by atoms with Crippen LogP contribution < -0.4 is 5.32 Å². The molecule has 140 valence electrons. The quantitative estimate of drug-likeness (QED) is 0.650. The van der Waals surface area contributed by atoms with Crippen molar-refractivity contribution in [2.24, 2.45) is 0 Å². The van der Waals surface area contributed by atoms with Gasteiger partial charge in [-0.3, -0.25) is 9.36 Å². The number of alkyl halides is 3. The van der Waals surface area contributed by atoms with Crippen LogP contribution in [0.15, 0.2) is 66.1 Å². The minimum atomic E-state index is -4.41. The Labute approximate surface area is 158 Å². The normalized spacial score (nSPS) is 11.4. The lowest BCUT2D eigenvalue weighted by Gasteiger charge is -2.11. The Bertz CT molecular complexity index is 953. The second-order valence-corrected chi connectivity index (χ2v) is 6.49. The highest BCUT2D eigenvalue weighted by Gasteiger charge is 2.30. The number of aromatic nitrogens is 2. The van der Waals surface area contributed by atoms with Gasteiger partial charge in [-0.05, 0) is 42.2 Å². The van der Waals surface area contributed by atoms with Crippen molar-refractivity contribution in [3.63, 3.8) is 0 Å². The summed E-state index contributed by atoms with van der Waals surface area (Å²) in [5, 5.41) is 3.45. The van der Waals surface area contributed by atoms with Gasteiger partial charge in [0.25, 0.3) is 5.91 Å². The van der Waals surface area contributed by atoms with Crippen molar-refractivity contribution in [2.45, 2.75) is 17.9 Å². The average Bonchev–Trinajstić information content (AvgIpc) is 3.14. The van der Waals surface area contributed by atoms with Gasteiger partial charge in [-0.1, -0.05) is 30.0 Å². The summed E-state index contributed by atoms with van der Waals surface area (Å²) >= 11 is 1.48. The van der Waals surface area contributed by atoms with Crippen LogP contribution >= 0.6 is 11.8 Å². The van der Waals surface area contributed by atoms with Gasteiger partial charge in [0, 0.05) is 30.2 Å². The third kappa shape index (κ3) is 4.51. The predicted octanol–water partition coefficient (Wildman–Crippen LogP) is 4.54. The summed E-state index contributed by atoms with van der Waals surface area (Å²) in [5.41, 5.74) is 0.846. The number of amides is 1. The minimum Gasteiger partial charge on any atom is -0.348 e. The number of hydrogen-bond donors (Lipinski definition) is 1. The number of thioether (sulfide) groups is 1. The first-order chi connectivity index (χ1) is 12.9. The third-order valence-corrected chi connectivity index (χ3v) is 4.55. The molecule has 0 spiro atoms. The summed E-state index contributed by atoms with van der Waals surface area (Å²) in [6, 6.07) is 11.9. The fourth-order valence-corrected chi connectivity index (χ4v) is 3.11. The van der Waals surface area contributed by atoms with Crippen molar-refractivity contribution in [1.82, 2.24) is 14.9 Å². The van der Waals surface area contributed by atoms with E-state index in [1.807, 2.05) is 16.9 Å². The van der Waals surface area contributed by atoms with Crippen molar-refractivity contribution in [2.75, 3.05) is 6.26 Å².